The molecule has 0 aliphatic carbocycles. The molecule has 1 N–H and O–H groups in total. The molecule has 3 rings (SSSR count). The average Bonchev–Trinajstić information content (AvgIpc) is 2.61. The Kier molecular flexibility index (Phi) is 4.75. The predicted octanol–water partition coefficient (Wildman–Crippen LogP) is 3.79. The Bertz CT molecular complexity index is 962. The first-order chi connectivity index (χ1) is 12.0. The van der Waals surface area contributed by atoms with Crippen LogP contribution in [0.3, 0.4) is 0 Å². The summed E-state index contributed by atoms with van der Waals surface area (Å²) in [4.78, 5) is 23.3. The molecule has 2 aromatic carbocycles. The van der Waals surface area contributed by atoms with E-state index in [1.807, 2.05) is 12.1 Å². The van der Waals surface area contributed by atoms with Gasteiger partial charge in [-0.05, 0) is 55.0 Å². The van der Waals surface area contributed by atoms with Crippen LogP contribution >= 0.6 is 0 Å². The first kappa shape index (κ1) is 16.6. The monoisotopic (exact) mass is 336 g/mol. The number of Topliss-reactive ketones (excluding diaryl/α,β-unsaturated/α-hetero) is 1. The molecule has 0 fully saturated rings. The van der Waals surface area contributed by atoms with Crippen LogP contribution in [0.25, 0.3) is 5.69 Å². The molecule has 126 valence electrons. The van der Waals surface area contributed by atoms with Crippen molar-refractivity contribution in [2.75, 3.05) is 5.32 Å². The SMILES string of the molecule is CC(=O)c1ccc(NCc2ccc(=O)n(-c3cccc(F)c3)c2)cc1. The number of aromatic nitrogens is 1. The molecule has 0 aliphatic heterocycles. The van der Waals surface area contributed by atoms with Gasteiger partial charge < -0.3 is 5.32 Å². The van der Waals surface area contributed by atoms with Gasteiger partial charge in [0.05, 0.1) is 5.69 Å². The number of nitrogens with zero attached hydrogens (tertiary/aromatic N) is 1. The molecule has 1 heterocycles. The molecule has 0 amide bonds. The molecule has 4 nitrogen and oxygen atoms in total. The molecule has 0 aliphatic rings. The molecular formula is C20H17FN2O2. The summed E-state index contributed by atoms with van der Waals surface area (Å²) in [6.45, 7) is 2.02. The van der Waals surface area contributed by atoms with Crippen molar-refractivity contribution in [2.45, 2.75) is 13.5 Å². The van der Waals surface area contributed by atoms with Gasteiger partial charge in [-0.2, -0.15) is 0 Å². The van der Waals surface area contributed by atoms with Crippen molar-refractivity contribution < 1.29 is 9.18 Å². The van der Waals surface area contributed by atoms with Gasteiger partial charge >= 0.3 is 0 Å². The number of benzene rings is 2. The lowest BCUT2D eigenvalue weighted by Gasteiger charge is -2.10. The van der Waals surface area contributed by atoms with E-state index in [4.69, 9.17) is 0 Å². The Labute approximate surface area is 144 Å². The van der Waals surface area contributed by atoms with Gasteiger partial charge in [0, 0.05) is 30.1 Å². The van der Waals surface area contributed by atoms with Crippen molar-refractivity contribution in [2.24, 2.45) is 0 Å². The minimum atomic E-state index is -0.390. The number of carbonyl (C=O) groups excluding carboxylic acids is 1. The Balaban J connectivity index is 1.78. The summed E-state index contributed by atoms with van der Waals surface area (Å²) < 4.78 is 14.8. The van der Waals surface area contributed by atoms with Gasteiger partial charge in [-0.25, -0.2) is 4.39 Å². The Morgan fingerprint density at radius 3 is 2.52 bits per heavy atom. The van der Waals surface area contributed by atoms with Gasteiger partial charge in [0.2, 0.25) is 0 Å². The van der Waals surface area contributed by atoms with Crippen molar-refractivity contribution >= 4 is 11.5 Å². The molecule has 0 spiro atoms. The van der Waals surface area contributed by atoms with E-state index in [9.17, 15) is 14.0 Å². The zero-order valence-corrected chi connectivity index (χ0v) is 13.7. The van der Waals surface area contributed by atoms with Crippen LogP contribution < -0.4 is 10.9 Å². The van der Waals surface area contributed by atoms with E-state index in [1.165, 1.54) is 29.7 Å². The fourth-order valence-corrected chi connectivity index (χ4v) is 2.49. The van der Waals surface area contributed by atoms with Gasteiger partial charge in [-0.1, -0.05) is 12.1 Å². The lowest BCUT2D eigenvalue weighted by Crippen LogP contribution is -2.18. The Morgan fingerprint density at radius 1 is 1.08 bits per heavy atom. The molecular weight excluding hydrogens is 319 g/mol. The third kappa shape index (κ3) is 4.01. The number of carbonyl (C=O) groups is 1. The van der Waals surface area contributed by atoms with Crippen LogP contribution in [-0.2, 0) is 6.54 Å². The van der Waals surface area contributed by atoms with E-state index in [0.717, 1.165) is 11.3 Å². The highest BCUT2D eigenvalue weighted by molar-refractivity contribution is 5.94. The smallest absolute Gasteiger partial charge is 0.255 e. The van der Waals surface area contributed by atoms with E-state index in [0.29, 0.717) is 17.8 Å². The van der Waals surface area contributed by atoms with Crippen LogP contribution in [0.15, 0.2) is 71.7 Å². The van der Waals surface area contributed by atoms with Crippen LogP contribution in [0.4, 0.5) is 10.1 Å². The van der Waals surface area contributed by atoms with E-state index >= 15 is 0 Å². The number of nitrogens with one attached hydrogen (secondary N) is 1. The number of ketones is 1. The minimum Gasteiger partial charge on any atom is -0.381 e. The normalized spacial score (nSPS) is 10.5. The van der Waals surface area contributed by atoms with Crippen LogP contribution in [0.5, 0.6) is 0 Å². The maximum absolute atomic E-state index is 13.4. The second-order valence-corrected chi connectivity index (χ2v) is 5.71. The summed E-state index contributed by atoms with van der Waals surface area (Å²) in [6, 6.07) is 16.3. The first-order valence-electron chi connectivity index (χ1n) is 7.85. The lowest BCUT2D eigenvalue weighted by molar-refractivity contribution is 0.101. The van der Waals surface area contributed by atoms with Gasteiger partial charge in [0.1, 0.15) is 5.82 Å². The molecule has 0 saturated heterocycles. The van der Waals surface area contributed by atoms with Gasteiger partial charge in [-0.3, -0.25) is 14.2 Å². The van der Waals surface area contributed by atoms with E-state index in [1.54, 1.807) is 36.5 Å². The average molecular weight is 336 g/mol. The fourth-order valence-electron chi connectivity index (χ4n) is 2.49. The molecule has 0 unspecified atom stereocenters. The summed E-state index contributed by atoms with van der Waals surface area (Å²) in [5, 5.41) is 3.24. The molecule has 3 aromatic rings. The highest BCUT2D eigenvalue weighted by Crippen LogP contribution is 2.13. The molecule has 1 aromatic heterocycles. The van der Waals surface area contributed by atoms with Gasteiger partial charge in [-0.15, -0.1) is 0 Å². The number of hydrogen-bond donors (Lipinski definition) is 1. The quantitative estimate of drug-likeness (QED) is 0.721. The standard InChI is InChI=1S/C20H17FN2O2/c1-14(24)16-6-8-18(9-7-16)22-12-15-5-10-20(25)23(13-15)19-4-2-3-17(21)11-19/h2-11,13,22H,12H2,1H3. The number of halogens is 1. The predicted molar refractivity (Wildman–Crippen MR) is 95.8 cm³/mol. The molecule has 0 atom stereocenters. The number of anilines is 1. The van der Waals surface area contributed by atoms with E-state index < -0.39 is 5.82 Å². The van der Waals surface area contributed by atoms with Crippen LogP contribution in [0, 0.1) is 5.82 Å². The topological polar surface area (TPSA) is 51.1 Å². The van der Waals surface area contributed by atoms with Crippen molar-refractivity contribution in [1.29, 1.82) is 0 Å². The maximum Gasteiger partial charge on any atom is 0.255 e. The van der Waals surface area contributed by atoms with Crippen molar-refractivity contribution in [3.63, 3.8) is 0 Å². The van der Waals surface area contributed by atoms with E-state index in [-0.39, 0.29) is 11.3 Å². The third-order valence-corrected chi connectivity index (χ3v) is 3.85. The maximum atomic E-state index is 13.4. The Hall–Kier alpha value is -3.21. The fraction of sp³-hybridized carbons (Fsp3) is 0.100. The zero-order chi connectivity index (χ0) is 17.8. The van der Waals surface area contributed by atoms with Crippen molar-refractivity contribution in [1.82, 2.24) is 4.57 Å². The largest absolute Gasteiger partial charge is 0.381 e. The van der Waals surface area contributed by atoms with E-state index in [2.05, 4.69) is 5.32 Å². The zero-order valence-electron chi connectivity index (χ0n) is 13.7. The summed E-state index contributed by atoms with van der Waals surface area (Å²) in [6.07, 6.45) is 1.69. The Morgan fingerprint density at radius 2 is 1.84 bits per heavy atom. The van der Waals surface area contributed by atoms with Crippen LogP contribution in [-0.4, -0.2) is 10.4 Å². The van der Waals surface area contributed by atoms with Gasteiger partial charge in [0.15, 0.2) is 5.78 Å². The second kappa shape index (κ2) is 7.13. The van der Waals surface area contributed by atoms with Crippen molar-refractivity contribution in [3.05, 3.63) is 94.2 Å². The molecule has 0 radical (unpaired) electrons. The lowest BCUT2D eigenvalue weighted by atomic mass is 10.1. The number of pyridine rings is 1. The molecule has 0 bridgehead atoms. The summed E-state index contributed by atoms with van der Waals surface area (Å²) in [7, 11) is 0. The van der Waals surface area contributed by atoms with Crippen molar-refractivity contribution in [3.8, 4) is 5.69 Å². The van der Waals surface area contributed by atoms with Crippen LogP contribution in [0.2, 0.25) is 0 Å². The first-order valence-corrected chi connectivity index (χ1v) is 7.85. The molecule has 0 saturated carbocycles. The third-order valence-electron chi connectivity index (χ3n) is 3.85. The van der Waals surface area contributed by atoms with Gasteiger partial charge in [0.25, 0.3) is 5.56 Å². The summed E-state index contributed by atoms with van der Waals surface area (Å²) in [5.41, 5.74) is 2.66. The number of rotatable bonds is 5. The summed E-state index contributed by atoms with van der Waals surface area (Å²) in [5.74, 6) is -0.368. The minimum absolute atomic E-state index is 0.0220. The highest BCUT2D eigenvalue weighted by Gasteiger charge is 2.04. The van der Waals surface area contributed by atoms with Crippen LogP contribution in [0.1, 0.15) is 22.8 Å². The summed E-state index contributed by atoms with van der Waals surface area (Å²) >= 11 is 0. The number of hydrogen-bond acceptors (Lipinski definition) is 3. The highest BCUT2D eigenvalue weighted by atomic mass is 19.1. The second-order valence-electron chi connectivity index (χ2n) is 5.71. The molecule has 25 heavy (non-hydrogen) atoms. The molecule has 5 heteroatoms.